The summed E-state index contributed by atoms with van der Waals surface area (Å²) in [4.78, 5) is 21.9. The average molecular weight is 473 g/mol. The molecular formula is C22H19Cl2N4O2P. The van der Waals surface area contributed by atoms with Crippen LogP contribution in [0.3, 0.4) is 0 Å². The third-order valence-electron chi connectivity index (χ3n) is 4.93. The SMILES string of the molecule is Cn1c(=O)c(-c2c(Cl)cccc2Cl)cc2cnc(Nc3ccc(P(C)(C)=O)cc3)nc21. The van der Waals surface area contributed by atoms with Crippen LogP contribution in [-0.2, 0) is 11.6 Å². The van der Waals surface area contributed by atoms with Crippen molar-refractivity contribution in [1.82, 2.24) is 14.5 Å². The molecule has 4 rings (SSSR count). The van der Waals surface area contributed by atoms with Gasteiger partial charge in [0.05, 0.1) is 15.6 Å². The average Bonchev–Trinajstić information content (AvgIpc) is 2.71. The summed E-state index contributed by atoms with van der Waals surface area (Å²) < 4.78 is 13.6. The van der Waals surface area contributed by atoms with Gasteiger partial charge in [0.2, 0.25) is 5.95 Å². The molecule has 158 valence electrons. The van der Waals surface area contributed by atoms with E-state index >= 15 is 0 Å². The number of anilines is 2. The van der Waals surface area contributed by atoms with Gasteiger partial charge in [0, 0.05) is 35.2 Å². The Kier molecular flexibility index (Phi) is 5.65. The fourth-order valence-corrected chi connectivity index (χ4v) is 4.74. The smallest absolute Gasteiger partial charge is 0.259 e. The first-order valence-electron chi connectivity index (χ1n) is 9.39. The maximum absolute atomic E-state index is 13.0. The Labute approximate surface area is 189 Å². The second-order valence-electron chi connectivity index (χ2n) is 7.51. The number of aromatic nitrogens is 3. The highest BCUT2D eigenvalue weighted by atomic mass is 35.5. The molecular weight excluding hydrogens is 454 g/mol. The van der Waals surface area contributed by atoms with E-state index in [1.807, 2.05) is 24.3 Å². The summed E-state index contributed by atoms with van der Waals surface area (Å²) in [5.74, 6) is 0.343. The molecule has 0 saturated heterocycles. The van der Waals surface area contributed by atoms with Crippen molar-refractivity contribution in [2.75, 3.05) is 18.6 Å². The summed E-state index contributed by atoms with van der Waals surface area (Å²) in [6.07, 6.45) is 1.64. The molecule has 4 aromatic rings. The molecule has 2 aromatic carbocycles. The van der Waals surface area contributed by atoms with Gasteiger partial charge in [0.25, 0.3) is 5.56 Å². The maximum Gasteiger partial charge on any atom is 0.259 e. The van der Waals surface area contributed by atoms with E-state index in [1.54, 1.807) is 50.8 Å². The predicted molar refractivity (Wildman–Crippen MR) is 129 cm³/mol. The van der Waals surface area contributed by atoms with Crippen LogP contribution in [0.5, 0.6) is 0 Å². The van der Waals surface area contributed by atoms with E-state index in [0.29, 0.717) is 38.2 Å². The molecule has 0 radical (unpaired) electrons. The second-order valence-corrected chi connectivity index (χ2v) is 11.5. The van der Waals surface area contributed by atoms with Gasteiger partial charge in [-0.1, -0.05) is 29.3 Å². The number of rotatable bonds is 4. The van der Waals surface area contributed by atoms with Crippen LogP contribution in [0.15, 0.2) is 59.5 Å². The highest BCUT2D eigenvalue weighted by Crippen LogP contribution is 2.35. The normalized spacial score (nSPS) is 11.6. The highest BCUT2D eigenvalue weighted by molar-refractivity contribution is 7.70. The molecule has 9 heteroatoms. The lowest BCUT2D eigenvalue weighted by Gasteiger charge is -2.12. The molecule has 0 atom stereocenters. The van der Waals surface area contributed by atoms with Crippen LogP contribution in [0.25, 0.3) is 22.2 Å². The third kappa shape index (κ3) is 4.24. The summed E-state index contributed by atoms with van der Waals surface area (Å²) in [7, 11) is -0.675. The molecule has 0 fully saturated rings. The second kappa shape index (κ2) is 8.12. The standard InChI is InChI=1S/C22H19Cl2N4O2P/c1-28-20-13(11-16(21(28)29)19-17(23)5-4-6-18(19)24)12-25-22(27-20)26-14-7-9-15(10-8-14)31(2,3)30/h4-12H,1-3H3,(H,25,26,27). The largest absolute Gasteiger partial charge is 0.324 e. The van der Waals surface area contributed by atoms with Gasteiger partial charge in [-0.25, -0.2) is 4.98 Å². The Morgan fingerprint density at radius 2 is 1.68 bits per heavy atom. The van der Waals surface area contributed by atoms with E-state index in [9.17, 15) is 9.36 Å². The summed E-state index contributed by atoms with van der Waals surface area (Å²) >= 11 is 12.6. The van der Waals surface area contributed by atoms with Crippen molar-refractivity contribution in [2.24, 2.45) is 7.05 Å². The van der Waals surface area contributed by atoms with Gasteiger partial charge in [0.1, 0.15) is 12.8 Å². The van der Waals surface area contributed by atoms with E-state index in [2.05, 4.69) is 15.3 Å². The van der Waals surface area contributed by atoms with E-state index in [0.717, 1.165) is 11.0 Å². The van der Waals surface area contributed by atoms with Gasteiger partial charge in [-0.3, -0.25) is 9.36 Å². The molecule has 0 saturated carbocycles. The van der Waals surface area contributed by atoms with Gasteiger partial charge in [0.15, 0.2) is 0 Å². The van der Waals surface area contributed by atoms with Crippen LogP contribution in [0.1, 0.15) is 0 Å². The number of halogens is 2. The number of fused-ring (bicyclic) bond motifs is 1. The van der Waals surface area contributed by atoms with E-state index in [1.165, 1.54) is 4.57 Å². The summed E-state index contributed by atoms with van der Waals surface area (Å²) in [5, 5.41) is 5.38. The van der Waals surface area contributed by atoms with Crippen molar-refractivity contribution in [1.29, 1.82) is 0 Å². The number of hydrogen-bond acceptors (Lipinski definition) is 5. The fourth-order valence-electron chi connectivity index (χ4n) is 3.27. The molecule has 6 nitrogen and oxygen atoms in total. The molecule has 0 amide bonds. The van der Waals surface area contributed by atoms with Crippen molar-refractivity contribution < 1.29 is 4.57 Å². The van der Waals surface area contributed by atoms with Crippen molar-refractivity contribution in [3.8, 4) is 11.1 Å². The fraction of sp³-hybridized carbons (Fsp3) is 0.136. The van der Waals surface area contributed by atoms with Gasteiger partial charge < -0.3 is 9.88 Å². The van der Waals surface area contributed by atoms with Crippen molar-refractivity contribution >= 4 is 58.3 Å². The maximum atomic E-state index is 13.0. The highest BCUT2D eigenvalue weighted by Gasteiger charge is 2.16. The van der Waals surface area contributed by atoms with Crippen LogP contribution in [0.2, 0.25) is 10.0 Å². The molecule has 0 aliphatic carbocycles. The zero-order valence-corrected chi connectivity index (χ0v) is 19.5. The number of nitrogens with zero attached hydrogens (tertiary/aromatic N) is 3. The monoisotopic (exact) mass is 472 g/mol. The van der Waals surface area contributed by atoms with Gasteiger partial charge in [-0.05, 0) is 55.8 Å². The summed E-state index contributed by atoms with van der Waals surface area (Å²) in [5.41, 5.74) is 1.82. The van der Waals surface area contributed by atoms with Crippen LogP contribution in [-0.4, -0.2) is 27.9 Å². The number of nitrogens with one attached hydrogen (secondary N) is 1. The Hall–Kier alpha value is -2.66. The van der Waals surface area contributed by atoms with Crippen LogP contribution < -0.4 is 16.2 Å². The number of benzene rings is 2. The van der Waals surface area contributed by atoms with Crippen LogP contribution in [0.4, 0.5) is 11.6 Å². The van der Waals surface area contributed by atoms with Crippen LogP contribution in [0, 0.1) is 0 Å². The molecule has 31 heavy (non-hydrogen) atoms. The predicted octanol–water partition coefficient (Wildman–Crippen LogP) is 5.29. The summed E-state index contributed by atoms with van der Waals surface area (Å²) in [6.45, 7) is 3.46. The van der Waals surface area contributed by atoms with Crippen molar-refractivity contribution in [3.63, 3.8) is 0 Å². The van der Waals surface area contributed by atoms with Crippen LogP contribution >= 0.6 is 30.3 Å². The van der Waals surface area contributed by atoms with Crippen molar-refractivity contribution in [2.45, 2.75) is 0 Å². The lowest BCUT2D eigenvalue weighted by atomic mass is 10.1. The lowest BCUT2D eigenvalue weighted by molar-refractivity contribution is 0.588. The van der Waals surface area contributed by atoms with E-state index in [4.69, 9.17) is 23.2 Å². The van der Waals surface area contributed by atoms with E-state index in [-0.39, 0.29) is 5.56 Å². The quantitative estimate of drug-likeness (QED) is 0.408. The molecule has 0 bridgehead atoms. The Bertz CT molecular complexity index is 1390. The Balaban J connectivity index is 1.75. The topological polar surface area (TPSA) is 76.9 Å². The molecule has 2 aromatic heterocycles. The molecule has 0 spiro atoms. The van der Waals surface area contributed by atoms with Gasteiger partial charge >= 0.3 is 0 Å². The number of pyridine rings is 1. The zero-order chi connectivity index (χ0) is 22.3. The first kappa shape index (κ1) is 21.6. The van der Waals surface area contributed by atoms with Gasteiger partial charge in [-0.15, -0.1) is 0 Å². The zero-order valence-electron chi connectivity index (χ0n) is 17.1. The first-order valence-corrected chi connectivity index (χ1v) is 12.7. The minimum Gasteiger partial charge on any atom is -0.324 e. The Morgan fingerprint density at radius 1 is 1.03 bits per heavy atom. The first-order chi connectivity index (χ1) is 14.6. The number of aryl methyl sites for hydroxylation is 1. The minimum absolute atomic E-state index is 0.266. The summed E-state index contributed by atoms with van der Waals surface area (Å²) in [6, 6.07) is 14.1. The molecule has 2 heterocycles. The van der Waals surface area contributed by atoms with Crippen molar-refractivity contribution in [3.05, 3.63) is 75.1 Å². The van der Waals surface area contributed by atoms with Gasteiger partial charge in [-0.2, -0.15) is 4.98 Å². The Morgan fingerprint density at radius 3 is 2.29 bits per heavy atom. The molecule has 1 N–H and O–H groups in total. The molecule has 0 unspecified atom stereocenters. The minimum atomic E-state index is -2.32. The third-order valence-corrected chi connectivity index (χ3v) is 7.10. The molecule has 0 aliphatic rings. The lowest BCUT2D eigenvalue weighted by Crippen LogP contribution is -2.20. The van der Waals surface area contributed by atoms with E-state index < -0.39 is 7.14 Å². The number of hydrogen-bond donors (Lipinski definition) is 1. The molecule has 0 aliphatic heterocycles.